The van der Waals surface area contributed by atoms with Gasteiger partial charge in [0.1, 0.15) is 0 Å². The van der Waals surface area contributed by atoms with Crippen LogP contribution in [0.1, 0.15) is 31.7 Å². The molecule has 0 radical (unpaired) electrons. The molecule has 2 amide bonds. The van der Waals surface area contributed by atoms with Crippen LogP contribution in [0.5, 0.6) is 0 Å². The Morgan fingerprint density at radius 2 is 1.91 bits per heavy atom. The number of aliphatic hydroxyl groups excluding tert-OH is 1. The Hall–Kier alpha value is -3.04. The molecule has 9 heteroatoms. The first-order valence-corrected chi connectivity index (χ1v) is 11.5. The number of hydrazine groups is 1. The summed E-state index contributed by atoms with van der Waals surface area (Å²) in [5.41, 5.74) is 3.99. The number of aliphatic hydroxyl groups is 1. The third kappa shape index (κ3) is 6.98. The summed E-state index contributed by atoms with van der Waals surface area (Å²) >= 11 is 6.25. The van der Waals surface area contributed by atoms with Crippen molar-refractivity contribution in [1.29, 1.82) is 0 Å². The van der Waals surface area contributed by atoms with Crippen LogP contribution in [-0.2, 0) is 21.0 Å². The number of benzene rings is 2. The standard InChI is InChI=1S/C25H29ClN4O4/c1-19(33)30(28-16-22-10-4-5-12-24(22)26)23(11-6-7-13-31)17-34-29(18-32)25-14-20-8-2-3-9-21(20)15-27-25/h2-5,8-10,12,14-15,18,23,28,31H,6-7,11,13,16-17H2,1H3/t23-/m1/s1. The highest BCUT2D eigenvalue weighted by molar-refractivity contribution is 6.31. The van der Waals surface area contributed by atoms with Crippen molar-refractivity contribution in [2.24, 2.45) is 0 Å². The maximum Gasteiger partial charge on any atom is 0.239 e. The van der Waals surface area contributed by atoms with Gasteiger partial charge in [-0.25, -0.2) is 10.4 Å². The van der Waals surface area contributed by atoms with Gasteiger partial charge in [-0.05, 0) is 42.3 Å². The molecule has 3 rings (SSSR count). The van der Waals surface area contributed by atoms with E-state index in [4.69, 9.17) is 16.4 Å². The van der Waals surface area contributed by atoms with Crippen LogP contribution >= 0.6 is 11.6 Å². The number of nitrogens with zero attached hydrogens (tertiary/aromatic N) is 3. The molecule has 8 nitrogen and oxygen atoms in total. The molecular weight excluding hydrogens is 456 g/mol. The molecule has 0 bridgehead atoms. The molecule has 0 saturated heterocycles. The number of aromatic nitrogens is 1. The van der Waals surface area contributed by atoms with Crippen molar-refractivity contribution in [3.8, 4) is 0 Å². The van der Waals surface area contributed by atoms with E-state index in [9.17, 15) is 14.7 Å². The number of amides is 2. The molecule has 2 N–H and O–H groups in total. The zero-order chi connectivity index (χ0) is 24.3. The van der Waals surface area contributed by atoms with Crippen molar-refractivity contribution in [1.82, 2.24) is 15.4 Å². The number of fused-ring (bicyclic) bond motifs is 1. The summed E-state index contributed by atoms with van der Waals surface area (Å²) in [5.74, 6) is 0.146. The zero-order valence-corrected chi connectivity index (χ0v) is 19.8. The van der Waals surface area contributed by atoms with E-state index in [1.165, 1.54) is 11.9 Å². The van der Waals surface area contributed by atoms with Crippen LogP contribution in [0, 0.1) is 0 Å². The summed E-state index contributed by atoms with van der Waals surface area (Å²) in [7, 11) is 0. The number of halogens is 1. The van der Waals surface area contributed by atoms with Gasteiger partial charge in [0, 0.05) is 36.7 Å². The van der Waals surface area contributed by atoms with Crippen LogP contribution in [0.25, 0.3) is 10.8 Å². The number of hydrogen-bond donors (Lipinski definition) is 2. The highest BCUT2D eigenvalue weighted by atomic mass is 35.5. The molecule has 3 aromatic rings. The lowest BCUT2D eigenvalue weighted by atomic mass is 10.1. The number of anilines is 1. The van der Waals surface area contributed by atoms with Crippen LogP contribution in [0.3, 0.4) is 0 Å². The number of pyridine rings is 1. The fraction of sp³-hybridized carbons (Fsp3) is 0.320. The van der Waals surface area contributed by atoms with Crippen LogP contribution < -0.4 is 10.5 Å². The zero-order valence-electron chi connectivity index (χ0n) is 19.1. The van der Waals surface area contributed by atoms with Crippen molar-refractivity contribution >= 4 is 40.5 Å². The molecule has 0 saturated carbocycles. The van der Waals surface area contributed by atoms with Gasteiger partial charge in [-0.2, -0.15) is 5.06 Å². The van der Waals surface area contributed by atoms with E-state index < -0.39 is 6.04 Å². The SMILES string of the molecule is CC(=O)N(NCc1ccccc1Cl)[C@H](CCCCO)CON(C=O)c1cc2ccccc2cn1. The van der Waals surface area contributed by atoms with Crippen LogP contribution in [-0.4, -0.2) is 46.7 Å². The maximum absolute atomic E-state index is 12.5. The maximum atomic E-state index is 12.5. The average molecular weight is 485 g/mol. The van der Waals surface area contributed by atoms with Gasteiger partial charge in [0.2, 0.25) is 12.3 Å². The molecular formula is C25H29ClN4O4. The molecule has 180 valence electrons. The molecule has 0 aliphatic rings. The van der Waals surface area contributed by atoms with Crippen molar-refractivity contribution in [2.45, 2.75) is 38.8 Å². The number of carbonyl (C=O) groups excluding carboxylic acids is 2. The Labute approximate surface area is 204 Å². The van der Waals surface area contributed by atoms with Gasteiger partial charge >= 0.3 is 0 Å². The molecule has 2 aromatic carbocycles. The summed E-state index contributed by atoms with van der Waals surface area (Å²) in [4.78, 5) is 34.4. The second kappa shape index (κ2) is 13.0. The minimum absolute atomic E-state index is 0.0494. The Balaban J connectivity index is 1.73. The predicted molar refractivity (Wildman–Crippen MR) is 132 cm³/mol. The third-order valence-electron chi connectivity index (χ3n) is 5.39. The van der Waals surface area contributed by atoms with Crippen molar-refractivity contribution < 1.29 is 19.5 Å². The molecule has 1 aromatic heterocycles. The van der Waals surface area contributed by atoms with Crippen molar-refractivity contribution in [3.63, 3.8) is 0 Å². The van der Waals surface area contributed by atoms with Gasteiger partial charge in [0.05, 0.1) is 12.6 Å². The predicted octanol–water partition coefficient (Wildman–Crippen LogP) is 3.87. The van der Waals surface area contributed by atoms with Gasteiger partial charge in [-0.3, -0.25) is 19.4 Å². The monoisotopic (exact) mass is 484 g/mol. The van der Waals surface area contributed by atoms with Crippen LogP contribution in [0.15, 0.2) is 60.8 Å². The van der Waals surface area contributed by atoms with Gasteiger partial charge in [-0.1, -0.05) is 54.1 Å². The first-order valence-electron chi connectivity index (χ1n) is 11.1. The van der Waals surface area contributed by atoms with Crippen molar-refractivity contribution in [3.05, 3.63) is 71.4 Å². The number of nitrogens with one attached hydrogen (secondary N) is 1. The molecule has 34 heavy (non-hydrogen) atoms. The number of carbonyl (C=O) groups is 2. The van der Waals surface area contributed by atoms with Crippen LogP contribution in [0.4, 0.5) is 5.82 Å². The van der Waals surface area contributed by atoms with Gasteiger partial charge < -0.3 is 5.11 Å². The molecule has 0 fully saturated rings. The summed E-state index contributed by atoms with van der Waals surface area (Å²) < 4.78 is 0. The molecule has 1 atom stereocenters. The van der Waals surface area contributed by atoms with E-state index in [1.807, 2.05) is 42.5 Å². The Morgan fingerprint density at radius 3 is 2.62 bits per heavy atom. The second-order valence-electron chi connectivity index (χ2n) is 7.81. The van der Waals surface area contributed by atoms with E-state index in [2.05, 4.69) is 10.4 Å². The normalized spacial score (nSPS) is 11.9. The fourth-order valence-electron chi connectivity index (χ4n) is 3.60. The summed E-state index contributed by atoms with van der Waals surface area (Å²) in [6, 6.07) is 16.4. The fourth-order valence-corrected chi connectivity index (χ4v) is 3.80. The smallest absolute Gasteiger partial charge is 0.239 e. The van der Waals surface area contributed by atoms with Gasteiger partial charge in [-0.15, -0.1) is 0 Å². The lowest BCUT2D eigenvalue weighted by Gasteiger charge is -2.32. The topological polar surface area (TPSA) is 95.0 Å². The van der Waals surface area contributed by atoms with Gasteiger partial charge in [0.15, 0.2) is 5.82 Å². The summed E-state index contributed by atoms with van der Waals surface area (Å²) in [6.45, 7) is 1.91. The minimum atomic E-state index is -0.394. The quantitative estimate of drug-likeness (QED) is 0.217. The number of rotatable bonds is 13. The van der Waals surface area contributed by atoms with E-state index in [0.29, 0.717) is 43.1 Å². The molecule has 0 unspecified atom stereocenters. The first kappa shape index (κ1) is 25.6. The minimum Gasteiger partial charge on any atom is -0.396 e. The van der Waals surface area contributed by atoms with E-state index in [0.717, 1.165) is 21.4 Å². The molecule has 0 aliphatic carbocycles. The largest absolute Gasteiger partial charge is 0.396 e. The van der Waals surface area contributed by atoms with E-state index in [-0.39, 0.29) is 19.1 Å². The summed E-state index contributed by atoms with van der Waals surface area (Å²) in [6.07, 6.45) is 4.06. The molecule has 0 spiro atoms. The lowest BCUT2D eigenvalue weighted by molar-refractivity contribution is -0.137. The average Bonchev–Trinajstić information content (AvgIpc) is 2.85. The Morgan fingerprint density at radius 1 is 1.18 bits per heavy atom. The second-order valence-corrected chi connectivity index (χ2v) is 8.21. The van der Waals surface area contributed by atoms with E-state index >= 15 is 0 Å². The lowest BCUT2D eigenvalue weighted by Crippen LogP contribution is -2.51. The summed E-state index contributed by atoms with van der Waals surface area (Å²) in [5, 5.41) is 14.2. The number of hydroxylamine groups is 1. The van der Waals surface area contributed by atoms with E-state index in [1.54, 1.807) is 18.3 Å². The Kier molecular flexibility index (Phi) is 9.78. The highest BCUT2D eigenvalue weighted by Gasteiger charge is 2.23. The van der Waals surface area contributed by atoms with Crippen LogP contribution in [0.2, 0.25) is 5.02 Å². The molecule has 1 heterocycles. The third-order valence-corrected chi connectivity index (χ3v) is 5.76. The number of hydrogen-bond acceptors (Lipinski definition) is 6. The molecule has 0 aliphatic heterocycles. The number of unbranched alkanes of at least 4 members (excludes halogenated alkanes) is 1. The van der Waals surface area contributed by atoms with Gasteiger partial charge in [0.25, 0.3) is 0 Å². The first-order chi connectivity index (χ1) is 16.5. The highest BCUT2D eigenvalue weighted by Crippen LogP contribution is 2.20. The van der Waals surface area contributed by atoms with Crippen molar-refractivity contribution in [2.75, 3.05) is 18.3 Å². The Bertz CT molecular complexity index is 1100.